The Morgan fingerprint density at radius 3 is 2.70 bits per heavy atom. The first-order valence-corrected chi connectivity index (χ1v) is 9.86. The molecule has 4 aromatic rings. The van der Waals surface area contributed by atoms with Gasteiger partial charge in [0.25, 0.3) is 0 Å². The van der Waals surface area contributed by atoms with E-state index in [4.69, 9.17) is 0 Å². The Morgan fingerprint density at radius 2 is 1.85 bits per heavy atom. The van der Waals surface area contributed by atoms with E-state index < -0.39 is 0 Å². The van der Waals surface area contributed by atoms with E-state index in [9.17, 15) is 4.79 Å². The van der Waals surface area contributed by atoms with Crippen molar-refractivity contribution in [3.8, 4) is 0 Å². The molecule has 0 amide bonds. The Kier molecular flexibility index (Phi) is 5.07. The largest absolute Gasteiger partial charge is 0.343 e. The second-order valence-electron chi connectivity index (χ2n) is 6.43. The van der Waals surface area contributed by atoms with Crippen LogP contribution in [-0.4, -0.2) is 19.7 Å². The summed E-state index contributed by atoms with van der Waals surface area (Å²) in [5.74, 6) is 0.736. The van der Waals surface area contributed by atoms with Crippen LogP contribution in [0.2, 0.25) is 0 Å². The number of aromatic nitrogens is 4. The fourth-order valence-electron chi connectivity index (χ4n) is 3.15. The Labute approximate surface area is 161 Å². The lowest BCUT2D eigenvalue weighted by Gasteiger charge is -2.09. The number of hydrogen-bond acceptors (Lipinski definition) is 4. The molecule has 136 valence electrons. The number of benzene rings is 2. The van der Waals surface area contributed by atoms with Crippen molar-refractivity contribution >= 4 is 22.7 Å². The number of nitrogens with one attached hydrogen (secondary N) is 1. The molecule has 2 aromatic heterocycles. The number of para-hydroxylation sites is 1. The van der Waals surface area contributed by atoms with Crippen LogP contribution in [0.5, 0.6) is 0 Å². The number of rotatable bonds is 6. The van der Waals surface area contributed by atoms with E-state index >= 15 is 0 Å². The molecule has 1 N–H and O–H groups in total. The highest BCUT2D eigenvalue weighted by atomic mass is 32.2. The highest BCUT2D eigenvalue weighted by Crippen LogP contribution is 2.26. The summed E-state index contributed by atoms with van der Waals surface area (Å²) in [4.78, 5) is 16.8. The van der Waals surface area contributed by atoms with Crippen LogP contribution in [0.1, 0.15) is 16.8 Å². The Bertz CT molecular complexity index is 1120. The minimum Gasteiger partial charge on any atom is -0.270 e. The molecule has 0 bridgehead atoms. The third kappa shape index (κ3) is 3.95. The SMILES string of the molecule is Cc1cc(CSc2n[nH]c(=O)n2CCc2ccccc2)c2ccccc2n1. The molecule has 2 aromatic carbocycles. The second-order valence-corrected chi connectivity index (χ2v) is 7.37. The van der Waals surface area contributed by atoms with Gasteiger partial charge in [-0.3, -0.25) is 9.55 Å². The van der Waals surface area contributed by atoms with Crippen LogP contribution < -0.4 is 5.69 Å². The van der Waals surface area contributed by atoms with Gasteiger partial charge in [-0.25, -0.2) is 9.89 Å². The highest BCUT2D eigenvalue weighted by Gasteiger charge is 2.11. The van der Waals surface area contributed by atoms with E-state index in [1.165, 1.54) is 11.1 Å². The second kappa shape index (κ2) is 7.80. The van der Waals surface area contributed by atoms with Gasteiger partial charge < -0.3 is 0 Å². The topological polar surface area (TPSA) is 63.6 Å². The molecule has 2 heterocycles. The van der Waals surface area contributed by atoms with E-state index in [1.807, 2.05) is 43.3 Å². The lowest BCUT2D eigenvalue weighted by molar-refractivity contribution is 0.616. The van der Waals surface area contributed by atoms with Crippen molar-refractivity contribution in [3.63, 3.8) is 0 Å². The monoisotopic (exact) mass is 376 g/mol. The van der Waals surface area contributed by atoms with Gasteiger partial charge in [0.15, 0.2) is 5.16 Å². The molecule has 6 heteroatoms. The van der Waals surface area contributed by atoms with E-state index in [0.29, 0.717) is 6.54 Å². The van der Waals surface area contributed by atoms with Gasteiger partial charge in [0.2, 0.25) is 0 Å². The molecule has 4 rings (SSSR count). The van der Waals surface area contributed by atoms with Crippen LogP contribution in [0.4, 0.5) is 0 Å². The predicted molar refractivity (Wildman–Crippen MR) is 109 cm³/mol. The van der Waals surface area contributed by atoms with Crippen LogP contribution in [-0.2, 0) is 18.7 Å². The van der Waals surface area contributed by atoms with Crippen molar-refractivity contribution in [3.05, 3.63) is 88.0 Å². The molecule has 0 aliphatic heterocycles. The van der Waals surface area contributed by atoms with Crippen LogP contribution in [0.3, 0.4) is 0 Å². The van der Waals surface area contributed by atoms with Crippen molar-refractivity contribution in [1.29, 1.82) is 0 Å². The lowest BCUT2D eigenvalue weighted by atomic mass is 10.1. The quantitative estimate of drug-likeness (QED) is 0.517. The van der Waals surface area contributed by atoms with Gasteiger partial charge >= 0.3 is 5.69 Å². The van der Waals surface area contributed by atoms with Crippen LogP contribution in [0.15, 0.2) is 70.6 Å². The normalized spacial score (nSPS) is 11.1. The highest BCUT2D eigenvalue weighted by molar-refractivity contribution is 7.98. The van der Waals surface area contributed by atoms with Gasteiger partial charge in [0.05, 0.1) is 5.52 Å². The minimum absolute atomic E-state index is 0.163. The molecule has 0 atom stereocenters. The van der Waals surface area contributed by atoms with Crippen molar-refractivity contribution in [2.75, 3.05) is 0 Å². The fraction of sp³-hybridized carbons (Fsp3) is 0.190. The molecule has 0 fully saturated rings. The number of H-pyrrole nitrogens is 1. The molecule has 0 aliphatic carbocycles. The summed E-state index contributed by atoms with van der Waals surface area (Å²) >= 11 is 1.57. The fourth-order valence-corrected chi connectivity index (χ4v) is 4.12. The van der Waals surface area contributed by atoms with E-state index in [0.717, 1.165) is 33.9 Å². The molecular weight excluding hydrogens is 356 g/mol. The number of nitrogens with zero attached hydrogens (tertiary/aromatic N) is 3. The summed E-state index contributed by atoms with van der Waals surface area (Å²) in [6.45, 7) is 2.61. The smallest absolute Gasteiger partial charge is 0.270 e. The van der Waals surface area contributed by atoms with Crippen molar-refractivity contribution in [1.82, 2.24) is 19.7 Å². The summed E-state index contributed by atoms with van der Waals surface area (Å²) < 4.78 is 1.72. The van der Waals surface area contributed by atoms with Gasteiger partial charge in [-0.1, -0.05) is 60.3 Å². The molecule has 0 aliphatic rings. The number of fused-ring (bicyclic) bond motifs is 1. The van der Waals surface area contributed by atoms with Gasteiger partial charge in [-0.2, -0.15) is 0 Å². The van der Waals surface area contributed by atoms with Crippen molar-refractivity contribution in [2.45, 2.75) is 30.8 Å². The number of aryl methyl sites for hydroxylation is 2. The van der Waals surface area contributed by atoms with E-state index in [2.05, 4.69) is 39.4 Å². The first-order valence-electron chi connectivity index (χ1n) is 8.88. The van der Waals surface area contributed by atoms with Crippen LogP contribution in [0, 0.1) is 6.92 Å². The number of hydrogen-bond donors (Lipinski definition) is 1. The van der Waals surface area contributed by atoms with Gasteiger partial charge in [0.1, 0.15) is 0 Å². The van der Waals surface area contributed by atoms with Gasteiger partial charge in [-0.05, 0) is 36.6 Å². The number of thioether (sulfide) groups is 1. The van der Waals surface area contributed by atoms with E-state index in [1.54, 1.807) is 16.3 Å². The number of pyridine rings is 1. The first kappa shape index (κ1) is 17.5. The third-order valence-corrected chi connectivity index (χ3v) is 5.50. The zero-order valence-corrected chi connectivity index (χ0v) is 15.9. The van der Waals surface area contributed by atoms with Gasteiger partial charge in [-0.15, -0.1) is 5.10 Å². The molecule has 0 spiro atoms. The van der Waals surface area contributed by atoms with Crippen molar-refractivity contribution < 1.29 is 0 Å². The number of aromatic amines is 1. The predicted octanol–water partition coefficient (Wildman–Crippen LogP) is 3.96. The Hall–Kier alpha value is -2.86. The van der Waals surface area contributed by atoms with Crippen LogP contribution >= 0.6 is 11.8 Å². The standard InChI is InChI=1S/C21H20N4OS/c1-15-13-17(18-9-5-6-10-19(18)22-15)14-27-21-24-23-20(26)25(21)12-11-16-7-3-2-4-8-16/h2-10,13H,11-12,14H2,1H3,(H,23,26). The summed E-state index contributed by atoms with van der Waals surface area (Å²) in [7, 11) is 0. The summed E-state index contributed by atoms with van der Waals surface area (Å²) in [6, 6.07) is 20.4. The summed E-state index contributed by atoms with van der Waals surface area (Å²) in [5.41, 5.74) is 4.24. The zero-order valence-electron chi connectivity index (χ0n) is 15.1. The summed E-state index contributed by atoms with van der Waals surface area (Å²) in [6.07, 6.45) is 0.797. The first-order chi connectivity index (χ1) is 13.2. The average Bonchev–Trinajstić information content (AvgIpc) is 3.04. The summed E-state index contributed by atoms with van der Waals surface area (Å²) in [5, 5.41) is 8.66. The Balaban J connectivity index is 1.53. The maximum atomic E-state index is 12.2. The molecule has 27 heavy (non-hydrogen) atoms. The molecule has 5 nitrogen and oxygen atoms in total. The minimum atomic E-state index is -0.163. The molecule has 0 radical (unpaired) electrons. The van der Waals surface area contributed by atoms with Crippen LogP contribution in [0.25, 0.3) is 10.9 Å². The zero-order chi connectivity index (χ0) is 18.6. The maximum Gasteiger partial charge on any atom is 0.343 e. The Morgan fingerprint density at radius 1 is 1.07 bits per heavy atom. The average molecular weight is 376 g/mol. The van der Waals surface area contributed by atoms with E-state index in [-0.39, 0.29) is 5.69 Å². The molecule has 0 saturated heterocycles. The molecular formula is C21H20N4OS. The lowest BCUT2D eigenvalue weighted by Crippen LogP contribution is -2.18. The molecule has 0 unspecified atom stereocenters. The third-order valence-electron chi connectivity index (χ3n) is 4.48. The maximum absolute atomic E-state index is 12.2. The van der Waals surface area contributed by atoms with Gasteiger partial charge in [0, 0.05) is 23.4 Å². The van der Waals surface area contributed by atoms with Crippen molar-refractivity contribution in [2.24, 2.45) is 0 Å². The molecule has 0 saturated carbocycles.